The Balaban J connectivity index is 2.22. The molecule has 0 atom stereocenters. The van der Waals surface area contributed by atoms with E-state index in [0.29, 0.717) is 5.56 Å². The first-order valence-electron chi connectivity index (χ1n) is 6.30. The first kappa shape index (κ1) is 15.7. The molecule has 2 nitrogen and oxygen atoms in total. The Bertz CT molecular complexity index is 542. The van der Waals surface area contributed by atoms with Crippen molar-refractivity contribution in [2.24, 2.45) is 0 Å². The normalized spacial score (nSPS) is 21.4. The molecule has 0 amide bonds. The molecule has 0 N–H and O–H groups in total. The Morgan fingerprint density at radius 2 is 1.75 bits per heavy atom. The van der Waals surface area contributed by atoms with Crippen molar-refractivity contribution in [1.82, 2.24) is 0 Å². The molecule has 1 aliphatic rings. The van der Waals surface area contributed by atoms with Gasteiger partial charge in [-0.2, -0.15) is 0 Å². The Morgan fingerprint density at radius 3 is 2.25 bits per heavy atom. The summed E-state index contributed by atoms with van der Waals surface area (Å²) in [4.78, 5) is 0. The standard InChI is InChI=1S/C14H16BBrF2O2/c1-13(2)14(3,4)20-15(19-13)12(18)8-9-5-6-11(17)10(16)7-9/h5-8H,1-4H3. The van der Waals surface area contributed by atoms with E-state index in [4.69, 9.17) is 9.31 Å². The van der Waals surface area contributed by atoms with E-state index in [2.05, 4.69) is 15.9 Å². The van der Waals surface area contributed by atoms with Gasteiger partial charge in [-0.3, -0.25) is 0 Å². The summed E-state index contributed by atoms with van der Waals surface area (Å²) < 4.78 is 38.8. The maximum absolute atomic E-state index is 14.2. The van der Waals surface area contributed by atoms with Crippen LogP contribution in [0, 0.1) is 5.82 Å². The fraction of sp³-hybridized carbons (Fsp3) is 0.429. The van der Waals surface area contributed by atoms with Crippen molar-refractivity contribution in [3.05, 3.63) is 39.8 Å². The van der Waals surface area contributed by atoms with Gasteiger partial charge in [0.2, 0.25) is 0 Å². The van der Waals surface area contributed by atoms with Crippen molar-refractivity contribution in [3.8, 4) is 0 Å². The smallest absolute Gasteiger partial charge is 0.398 e. The molecule has 2 rings (SSSR count). The predicted octanol–water partition coefficient (Wildman–Crippen LogP) is 4.53. The Labute approximate surface area is 126 Å². The fourth-order valence-electron chi connectivity index (χ4n) is 1.79. The SMILES string of the molecule is CC1(C)OB(C(F)=Cc2ccc(F)c(Br)c2)OC1(C)C. The third-order valence-corrected chi connectivity index (χ3v) is 4.33. The Hall–Kier alpha value is -0.715. The van der Waals surface area contributed by atoms with Gasteiger partial charge >= 0.3 is 7.12 Å². The van der Waals surface area contributed by atoms with E-state index < -0.39 is 29.9 Å². The van der Waals surface area contributed by atoms with Crippen LogP contribution in [0.25, 0.3) is 6.08 Å². The summed E-state index contributed by atoms with van der Waals surface area (Å²) in [6.07, 6.45) is 1.28. The summed E-state index contributed by atoms with van der Waals surface area (Å²) in [7, 11) is -1.04. The first-order chi connectivity index (χ1) is 9.12. The van der Waals surface area contributed by atoms with E-state index in [1.54, 1.807) is 0 Å². The van der Waals surface area contributed by atoms with Crippen LogP contribution in [-0.2, 0) is 9.31 Å². The summed E-state index contributed by atoms with van der Waals surface area (Å²) in [6, 6.07) is 4.26. The van der Waals surface area contributed by atoms with Crippen LogP contribution in [0.15, 0.2) is 28.4 Å². The van der Waals surface area contributed by atoms with Crippen LogP contribution in [0.5, 0.6) is 0 Å². The third-order valence-electron chi connectivity index (χ3n) is 3.73. The minimum atomic E-state index is -1.04. The third kappa shape index (κ3) is 2.97. The average molecular weight is 345 g/mol. The number of halogens is 3. The quantitative estimate of drug-likeness (QED) is 0.734. The highest BCUT2D eigenvalue weighted by Gasteiger charge is 2.53. The Kier molecular flexibility index (Phi) is 4.11. The van der Waals surface area contributed by atoms with E-state index in [9.17, 15) is 8.78 Å². The lowest BCUT2D eigenvalue weighted by Gasteiger charge is -2.32. The molecule has 6 heteroatoms. The second-order valence-electron chi connectivity index (χ2n) is 5.79. The highest BCUT2D eigenvalue weighted by atomic mass is 79.9. The van der Waals surface area contributed by atoms with Crippen LogP contribution in [0.2, 0.25) is 0 Å². The van der Waals surface area contributed by atoms with Crippen molar-refractivity contribution >= 4 is 29.1 Å². The van der Waals surface area contributed by atoms with E-state index in [1.807, 2.05) is 27.7 Å². The monoisotopic (exact) mass is 344 g/mol. The molecule has 0 unspecified atom stereocenters. The number of benzene rings is 1. The molecule has 0 saturated carbocycles. The lowest BCUT2D eigenvalue weighted by molar-refractivity contribution is 0.00578. The van der Waals surface area contributed by atoms with Gasteiger partial charge in [-0.1, -0.05) is 6.07 Å². The molecule has 1 saturated heterocycles. The molecule has 1 aromatic rings. The van der Waals surface area contributed by atoms with Gasteiger partial charge in [0.05, 0.1) is 15.7 Å². The molecular weight excluding hydrogens is 329 g/mol. The molecule has 0 radical (unpaired) electrons. The van der Waals surface area contributed by atoms with Crippen LogP contribution in [0.4, 0.5) is 8.78 Å². The molecular formula is C14H16BBrF2O2. The van der Waals surface area contributed by atoms with Gasteiger partial charge < -0.3 is 9.31 Å². The minimum Gasteiger partial charge on any atom is -0.398 e. The van der Waals surface area contributed by atoms with E-state index in [-0.39, 0.29) is 4.47 Å². The van der Waals surface area contributed by atoms with Crippen LogP contribution in [-0.4, -0.2) is 18.3 Å². The van der Waals surface area contributed by atoms with Gasteiger partial charge in [0.1, 0.15) is 11.5 Å². The Morgan fingerprint density at radius 1 is 1.20 bits per heavy atom. The molecule has 108 valence electrons. The number of hydrogen-bond acceptors (Lipinski definition) is 2. The second kappa shape index (κ2) is 5.24. The van der Waals surface area contributed by atoms with Crippen LogP contribution in [0.3, 0.4) is 0 Å². The zero-order valence-electron chi connectivity index (χ0n) is 11.8. The molecule has 1 fully saturated rings. The largest absolute Gasteiger partial charge is 0.525 e. The highest BCUT2D eigenvalue weighted by molar-refractivity contribution is 9.10. The molecule has 1 aliphatic heterocycles. The van der Waals surface area contributed by atoms with Gasteiger partial charge in [-0.15, -0.1) is 0 Å². The van der Waals surface area contributed by atoms with E-state index in [0.717, 1.165) is 0 Å². The number of rotatable bonds is 2. The van der Waals surface area contributed by atoms with Crippen LogP contribution >= 0.6 is 15.9 Å². The summed E-state index contributed by atoms with van der Waals surface area (Å²) in [5.74, 6) is -0.391. The molecule has 1 heterocycles. The second-order valence-corrected chi connectivity index (χ2v) is 6.65. The maximum atomic E-state index is 14.2. The van der Waals surface area contributed by atoms with Crippen molar-refractivity contribution < 1.29 is 18.1 Å². The van der Waals surface area contributed by atoms with Gasteiger partial charge in [-0.05, 0) is 67.4 Å². The summed E-state index contributed by atoms with van der Waals surface area (Å²) in [6.45, 7) is 7.42. The summed E-state index contributed by atoms with van der Waals surface area (Å²) in [5.41, 5.74) is -1.19. The first-order valence-corrected chi connectivity index (χ1v) is 7.09. The van der Waals surface area contributed by atoms with Crippen molar-refractivity contribution in [2.75, 3.05) is 0 Å². The van der Waals surface area contributed by atoms with E-state index >= 15 is 0 Å². The average Bonchev–Trinajstić information content (AvgIpc) is 2.53. The van der Waals surface area contributed by atoms with Crippen molar-refractivity contribution in [3.63, 3.8) is 0 Å². The fourth-order valence-corrected chi connectivity index (χ4v) is 2.18. The minimum absolute atomic E-state index is 0.285. The zero-order valence-corrected chi connectivity index (χ0v) is 13.4. The molecule has 0 spiro atoms. The van der Waals surface area contributed by atoms with Gasteiger partial charge in [0.15, 0.2) is 0 Å². The lowest BCUT2D eigenvalue weighted by Crippen LogP contribution is -2.41. The summed E-state index contributed by atoms with van der Waals surface area (Å²) >= 11 is 3.07. The number of hydrogen-bond donors (Lipinski definition) is 0. The molecule has 20 heavy (non-hydrogen) atoms. The highest BCUT2D eigenvalue weighted by Crippen LogP contribution is 2.39. The van der Waals surface area contributed by atoms with E-state index in [1.165, 1.54) is 24.3 Å². The zero-order chi connectivity index (χ0) is 15.1. The molecule has 1 aromatic carbocycles. The molecule has 0 aliphatic carbocycles. The van der Waals surface area contributed by atoms with Gasteiger partial charge in [0, 0.05) is 0 Å². The maximum Gasteiger partial charge on any atom is 0.525 e. The predicted molar refractivity (Wildman–Crippen MR) is 79.3 cm³/mol. The molecule has 0 bridgehead atoms. The lowest BCUT2D eigenvalue weighted by atomic mass is 9.87. The molecule has 0 aromatic heterocycles. The van der Waals surface area contributed by atoms with Crippen LogP contribution < -0.4 is 0 Å². The van der Waals surface area contributed by atoms with Gasteiger partial charge in [-0.25, -0.2) is 8.78 Å². The van der Waals surface area contributed by atoms with Crippen molar-refractivity contribution in [2.45, 2.75) is 38.9 Å². The van der Waals surface area contributed by atoms with Gasteiger partial charge in [0.25, 0.3) is 0 Å². The van der Waals surface area contributed by atoms with Crippen LogP contribution in [0.1, 0.15) is 33.3 Å². The van der Waals surface area contributed by atoms with Crippen molar-refractivity contribution in [1.29, 1.82) is 0 Å². The summed E-state index contributed by atoms with van der Waals surface area (Å²) in [5, 5.41) is 0. The topological polar surface area (TPSA) is 18.5 Å².